The van der Waals surface area contributed by atoms with Crippen molar-refractivity contribution in [3.8, 4) is 0 Å². The number of amides is 1. The Labute approximate surface area is 108 Å². The molecule has 0 aromatic rings. The first-order valence-electron chi connectivity index (χ1n) is 5.87. The molecule has 0 saturated carbocycles. The Kier molecular flexibility index (Phi) is 5.51. The summed E-state index contributed by atoms with van der Waals surface area (Å²) in [5.74, 6) is -0.178. The van der Waals surface area contributed by atoms with E-state index < -0.39 is 10.0 Å². The lowest BCUT2D eigenvalue weighted by atomic mass is 10.0. The molecule has 0 bridgehead atoms. The molecular weight excluding hydrogens is 258 g/mol. The highest BCUT2D eigenvalue weighted by atomic mass is 32.2. The molecule has 0 aromatic heterocycles. The van der Waals surface area contributed by atoms with E-state index in [1.165, 1.54) is 0 Å². The minimum atomic E-state index is -3.14. The van der Waals surface area contributed by atoms with E-state index in [2.05, 4.69) is 15.4 Å². The van der Waals surface area contributed by atoms with Crippen LogP contribution in [0.4, 0.5) is 0 Å². The fraction of sp³-hybridized carbons (Fsp3) is 0.900. The number of carbonyl (C=O) groups is 1. The number of hydrogen-bond donors (Lipinski definition) is 3. The lowest BCUT2D eigenvalue weighted by Crippen LogP contribution is -2.59. The summed E-state index contributed by atoms with van der Waals surface area (Å²) >= 11 is 0. The van der Waals surface area contributed by atoms with Crippen LogP contribution in [0, 0.1) is 0 Å². The highest BCUT2D eigenvalue weighted by Crippen LogP contribution is 2.14. The van der Waals surface area contributed by atoms with Gasteiger partial charge in [-0.25, -0.2) is 13.1 Å². The molecule has 1 saturated heterocycles. The normalized spacial score (nSPS) is 18.1. The van der Waals surface area contributed by atoms with Crippen LogP contribution in [0.5, 0.6) is 0 Å². The molecule has 0 atom stereocenters. The average molecular weight is 279 g/mol. The molecule has 18 heavy (non-hydrogen) atoms. The molecule has 0 spiro atoms. The van der Waals surface area contributed by atoms with Gasteiger partial charge in [-0.2, -0.15) is 0 Å². The number of rotatable bonds is 8. The Morgan fingerprint density at radius 1 is 1.39 bits per heavy atom. The van der Waals surface area contributed by atoms with Gasteiger partial charge in [-0.15, -0.1) is 0 Å². The van der Waals surface area contributed by atoms with Gasteiger partial charge in [-0.05, 0) is 13.3 Å². The summed E-state index contributed by atoms with van der Waals surface area (Å²) in [5.41, 5.74) is -0.227. The van der Waals surface area contributed by atoms with Crippen LogP contribution in [0.3, 0.4) is 0 Å². The van der Waals surface area contributed by atoms with Crippen molar-refractivity contribution >= 4 is 15.9 Å². The predicted octanol–water partition coefficient (Wildman–Crippen LogP) is -1.58. The van der Waals surface area contributed by atoms with Crippen molar-refractivity contribution in [2.75, 3.05) is 39.0 Å². The second-order valence-corrected chi connectivity index (χ2v) is 6.55. The van der Waals surface area contributed by atoms with Gasteiger partial charge in [0.1, 0.15) is 6.61 Å². The molecule has 1 amide bonds. The van der Waals surface area contributed by atoms with Crippen molar-refractivity contribution in [1.82, 2.24) is 15.4 Å². The lowest BCUT2D eigenvalue weighted by molar-refractivity contribution is -0.135. The highest BCUT2D eigenvalue weighted by molar-refractivity contribution is 7.88. The van der Waals surface area contributed by atoms with Crippen LogP contribution in [0.2, 0.25) is 0 Å². The quantitative estimate of drug-likeness (QED) is 0.466. The van der Waals surface area contributed by atoms with Gasteiger partial charge in [0.15, 0.2) is 0 Å². The van der Waals surface area contributed by atoms with Gasteiger partial charge >= 0.3 is 0 Å². The topological polar surface area (TPSA) is 96.5 Å². The van der Waals surface area contributed by atoms with E-state index in [0.29, 0.717) is 19.5 Å². The Morgan fingerprint density at radius 3 is 2.56 bits per heavy atom. The average Bonchev–Trinajstić information content (AvgIpc) is 2.21. The molecule has 0 aromatic carbocycles. The summed E-state index contributed by atoms with van der Waals surface area (Å²) in [6, 6.07) is 0. The molecule has 0 radical (unpaired) electrons. The van der Waals surface area contributed by atoms with E-state index in [0.717, 1.165) is 19.3 Å². The summed E-state index contributed by atoms with van der Waals surface area (Å²) in [4.78, 5) is 11.4. The number of nitrogens with one attached hydrogen (secondary N) is 3. The monoisotopic (exact) mass is 279 g/mol. The largest absolute Gasteiger partial charge is 0.363 e. The van der Waals surface area contributed by atoms with E-state index in [1.54, 1.807) is 0 Å². The first-order chi connectivity index (χ1) is 8.31. The minimum Gasteiger partial charge on any atom is -0.363 e. The van der Waals surface area contributed by atoms with Crippen molar-refractivity contribution in [2.24, 2.45) is 0 Å². The maximum Gasteiger partial charge on any atom is 0.246 e. The standard InChI is InChI=1S/C10H21N3O4S/c1-10(7-11-8-10)17-6-9(14)12-4-3-5-13-18(2,15)16/h11,13H,3-8H2,1-2H3,(H,12,14). The van der Waals surface area contributed by atoms with Crippen molar-refractivity contribution in [3.05, 3.63) is 0 Å². The number of hydrogen-bond acceptors (Lipinski definition) is 5. The zero-order chi connectivity index (χ0) is 13.6. The van der Waals surface area contributed by atoms with Crippen LogP contribution < -0.4 is 15.4 Å². The van der Waals surface area contributed by atoms with Crippen LogP contribution in [0.25, 0.3) is 0 Å². The SMILES string of the molecule is CC1(OCC(=O)NCCCNS(C)(=O)=O)CNC1. The first-order valence-corrected chi connectivity index (χ1v) is 7.76. The summed E-state index contributed by atoms with van der Waals surface area (Å²) in [5, 5.41) is 5.75. The second kappa shape index (κ2) is 6.46. The Hall–Kier alpha value is -0.700. The van der Waals surface area contributed by atoms with Crippen LogP contribution in [0.15, 0.2) is 0 Å². The molecule has 3 N–H and O–H groups in total. The van der Waals surface area contributed by atoms with Gasteiger partial charge in [0.2, 0.25) is 15.9 Å². The van der Waals surface area contributed by atoms with Gasteiger partial charge in [-0.1, -0.05) is 0 Å². The van der Waals surface area contributed by atoms with Crippen molar-refractivity contribution in [3.63, 3.8) is 0 Å². The fourth-order valence-corrected chi connectivity index (χ4v) is 1.96. The molecule has 1 rings (SSSR count). The molecular formula is C10H21N3O4S. The molecule has 1 aliphatic rings. The molecule has 8 heteroatoms. The number of carbonyl (C=O) groups excluding carboxylic acids is 1. The Morgan fingerprint density at radius 2 is 2.06 bits per heavy atom. The summed E-state index contributed by atoms with van der Waals surface area (Å²) in [6.45, 7) is 4.27. The van der Waals surface area contributed by atoms with Gasteiger partial charge in [0.05, 0.1) is 11.9 Å². The van der Waals surface area contributed by atoms with E-state index >= 15 is 0 Å². The van der Waals surface area contributed by atoms with Gasteiger partial charge < -0.3 is 15.4 Å². The smallest absolute Gasteiger partial charge is 0.246 e. The summed E-state index contributed by atoms with van der Waals surface area (Å²) in [6.07, 6.45) is 1.66. The molecule has 1 heterocycles. The van der Waals surface area contributed by atoms with Gasteiger partial charge in [-0.3, -0.25) is 4.79 Å². The highest BCUT2D eigenvalue weighted by Gasteiger charge is 2.32. The van der Waals surface area contributed by atoms with Crippen LogP contribution in [0.1, 0.15) is 13.3 Å². The molecule has 1 fully saturated rings. The summed E-state index contributed by atoms with van der Waals surface area (Å²) in [7, 11) is -3.14. The van der Waals surface area contributed by atoms with Crippen molar-refractivity contribution in [1.29, 1.82) is 0 Å². The van der Waals surface area contributed by atoms with E-state index in [4.69, 9.17) is 4.74 Å². The van der Waals surface area contributed by atoms with Crippen molar-refractivity contribution in [2.45, 2.75) is 18.9 Å². The van der Waals surface area contributed by atoms with Crippen LogP contribution in [-0.2, 0) is 19.6 Å². The van der Waals surface area contributed by atoms with Gasteiger partial charge in [0.25, 0.3) is 0 Å². The van der Waals surface area contributed by atoms with E-state index in [1.807, 2.05) is 6.92 Å². The second-order valence-electron chi connectivity index (χ2n) is 4.71. The summed E-state index contributed by atoms with van der Waals surface area (Å²) < 4.78 is 29.3. The Bertz CT molecular complexity index is 379. The zero-order valence-corrected chi connectivity index (χ0v) is 11.6. The molecule has 106 valence electrons. The number of ether oxygens (including phenoxy) is 1. The maximum atomic E-state index is 11.4. The first kappa shape index (κ1) is 15.4. The molecule has 0 unspecified atom stereocenters. The molecule has 1 aliphatic heterocycles. The predicted molar refractivity (Wildman–Crippen MR) is 67.7 cm³/mol. The lowest BCUT2D eigenvalue weighted by Gasteiger charge is -2.38. The fourth-order valence-electron chi connectivity index (χ4n) is 1.44. The van der Waals surface area contributed by atoms with Crippen LogP contribution >= 0.6 is 0 Å². The minimum absolute atomic E-state index is 0.0394. The van der Waals surface area contributed by atoms with Crippen molar-refractivity contribution < 1.29 is 17.9 Å². The third-order valence-corrected chi connectivity index (χ3v) is 3.32. The Balaban J connectivity index is 2.00. The van der Waals surface area contributed by atoms with Crippen LogP contribution in [-0.4, -0.2) is 59.0 Å². The van der Waals surface area contributed by atoms with Gasteiger partial charge in [0, 0.05) is 26.2 Å². The third kappa shape index (κ3) is 6.29. The third-order valence-electron chi connectivity index (χ3n) is 2.59. The molecule has 7 nitrogen and oxygen atoms in total. The van der Waals surface area contributed by atoms with E-state index in [-0.39, 0.29) is 18.1 Å². The van der Waals surface area contributed by atoms with E-state index in [9.17, 15) is 13.2 Å². The molecule has 0 aliphatic carbocycles. The zero-order valence-electron chi connectivity index (χ0n) is 10.8. The number of sulfonamides is 1. The maximum absolute atomic E-state index is 11.4.